The number of carbonyl (C=O) groups is 1. The van der Waals surface area contributed by atoms with Crippen LogP contribution in [0, 0.1) is 5.92 Å². The summed E-state index contributed by atoms with van der Waals surface area (Å²) in [6.45, 7) is 1.26. The molecule has 1 aliphatic heterocycles. The molecule has 2 aromatic rings. The first-order valence-electron chi connectivity index (χ1n) is 9.26. The Labute approximate surface area is 162 Å². The molecule has 0 bridgehead atoms. The molecule has 0 aromatic heterocycles. The van der Waals surface area contributed by atoms with E-state index in [1.54, 1.807) is 0 Å². The topological polar surface area (TPSA) is 52.6 Å². The van der Waals surface area contributed by atoms with Crippen LogP contribution in [0.2, 0.25) is 0 Å². The molecule has 1 heterocycles. The van der Waals surface area contributed by atoms with Crippen LogP contribution in [0.25, 0.3) is 0 Å². The molecule has 7 heteroatoms. The molecule has 0 aliphatic carbocycles. The SMILES string of the molecule is O=C(CN1CCC([C@H](O)c2ccccc2)CC1)Nc1ccccc1C(F)(F)F. The highest BCUT2D eigenvalue weighted by Crippen LogP contribution is 2.34. The summed E-state index contributed by atoms with van der Waals surface area (Å²) in [5, 5.41) is 12.9. The minimum Gasteiger partial charge on any atom is -0.388 e. The average molecular weight is 392 g/mol. The number of nitrogens with one attached hydrogen (secondary N) is 1. The molecule has 1 atom stereocenters. The van der Waals surface area contributed by atoms with Gasteiger partial charge < -0.3 is 10.4 Å². The predicted molar refractivity (Wildman–Crippen MR) is 101 cm³/mol. The number of amides is 1. The lowest BCUT2D eigenvalue weighted by Gasteiger charge is -2.34. The van der Waals surface area contributed by atoms with Crippen LogP contribution >= 0.6 is 0 Å². The maximum Gasteiger partial charge on any atom is 0.418 e. The van der Waals surface area contributed by atoms with Crippen LogP contribution in [0.3, 0.4) is 0 Å². The second-order valence-corrected chi connectivity index (χ2v) is 7.06. The second kappa shape index (κ2) is 8.75. The van der Waals surface area contributed by atoms with E-state index in [2.05, 4.69) is 5.32 Å². The Kier molecular flexibility index (Phi) is 6.36. The van der Waals surface area contributed by atoms with Crippen molar-refractivity contribution < 1.29 is 23.1 Å². The van der Waals surface area contributed by atoms with E-state index in [4.69, 9.17) is 0 Å². The third kappa shape index (κ3) is 5.11. The summed E-state index contributed by atoms with van der Waals surface area (Å²) in [6.07, 6.45) is -3.61. The number of aliphatic hydroxyl groups is 1. The number of likely N-dealkylation sites (tertiary alicyclic amines) is 1. The Bertz CT molecular complexity index is 788. The van der Waals surface area contributed by atoms with Crippen LogP contribution in [0.4, 0.5) is 18.9 Å². The Balaban J connectivity index is 1.52. The molecule has 4 nitrogen and oxygen atoms in total. The smallest absolute Gasteiger partial charge is 0.388 e. The summed E-state index contributed by atoms with van der Waals surface area (Å²) in [7, 11) is 0. The molecule has 2 N–H and O–H groups in total. The van der Waals surface area contributed by atoms with E-state index < -0.39 is 23.8 Å². The van der Waals surface area contributed by atoms with Crippen LogP contribution in [-0.2, 0) is 11.0 Å². The van der Waals surface area contributed by atoms with Gasteiger partial charge in [0.05, 0.1) is 23.9 Å². The quantitative estimate of drug-likeness (QED) is 0.806. The van der Waals surface area contributed by atoms with Crippen molar-refractivity contribution in [3.05, 3.63) is 65.7 Å². The zero-order chi connectivity index (χ0) is 20.1. The van der Waals surface area contributed by atoms with Crippen LogP contribution in [0.15, 0.2) is 54.6 Å². The highest BCUT2D eigenvalue weighted by atomic mass is 19.4. The molecule has 0 spiro atoms. The number of para-hydroxylation sites is 1. The Hall–Kier alpha value is -2.38. The Morgan fingerprint density at radius 2 is 1.68 bits per heavy atom. The summed E-state index contributed by atoms with van der Waals surface area (Å²) in [5.41, 5.74) is -0.204. The van der Waals surface area contributed by atoms with Gasteiger partial charge in [-0.25, -0.2) is 0 Å². The van der Waals surface area contributed by atoms with Crippen molar-refractivity contribution in [2.75, 3.05) is 25.0 Å². The molecule has 3 rings (SSSR count). The normalized spacial score (nSPS) is 17.3. The van der Waals surface area contributed by atoms with E-state index in [9.17, 15) is 23.1 Å². The molecule has 1 amide bonds. The fourth-order valence-corrected chi connectivity index (χ4v) is 3.58. The summed E-state index contributed by atoms with van der Waals surface area (Å²) in [5.74, 6) is -0.369. The molecule has 1 saturated heterocycles. The summed E-state index contributed by atoms with van der Waals surface area (Å²) in [6, 6.07) is 14.4. The van der Waals surface area contributed by atoms with Crippen molar-refractivity contribution in [1.82, 2.24) is 4.90 Å². The van der Waals surface area contributed by atoms with Gasteiger partial charge in [-0.2, -0.15) is 13.2 Å². The number of benzene rings is 2. The van der Waals surface area contributed by atoms with Gasteiger partial charge in [-0.15, -0.1) is 0 Å². The lowest BCUT2D eigenvalue weighted by atomic mass is 9.87. The molecule has 0 saturated carbocycles. The zero-order valence-electron chi connectivity index (χ0n) is 15.3. The molecule has 28 heavy (non-hydrogen) atoms. The van der Waals surface area contributed by atoms with E-state index >= 15 is 0 Å². The van der Waals surface area contributed by atoms with Gasteiger partial charge in [0.2, 0.25) is 5.91 Å². The third-order valence-electron chi connectivity index (χ3n) is 5.09. The maximum absolute atomic E-state index is 13.0. The molecule has 2 aromatic carbocycles. The van der Waals surface area contributed by atoms with E-state index in [1.165, 1.54) is 18.2 Å². The van der Waals surface area contributed by atoms with E-state index in [1.807, 2.05) is 35.2 Å². The van der Waals surface area contributed by atoms with Crippen molar-refractivity contribution in [3.8, 4) is 0 Å². The molecule has 0 unspecified atom stereocenters. The van der Waals surface area contributed by atoms with E-state index in [0.717, 1.165) is 24.5 Å². The number of hydrogen-bond donors (Lipinski definition) is 2. The molecule has 0 radical (unpaired) electrons. The van der Waals surface area contributed by atoms with Gasteiger partial charge in [0.15, 0.2) is 0 Å². The predicted octanol–water partition coefficient (Wildman–Crippen LogP) is 4.09. The highest BCUT2D eigenvalue weighted by Gasteiger charge is 2.34. The summed E-state index contributed by atoms with van der Waals surface area (Å²) < 4.78 is 39.1. The number of hydrogen-bond acceptors (Lipinski definition) is 3. The Morgan fingerprint density at radius 1 is 1.07 bits per heavy atom. The molecular weight excluding hydrogens is 369 g/mol. The first kappa shape index (κ1) is 20.4. The van der Waals surface area contributed by atoms with Gasteiger partial charge in [-0.05, 0) is 49.5 Å². The van der Waals surface area contributed by atoms with Gasteiger partial charge in [-0.3, -0.25) is 9.69 Å². The molecule has 150 valence electrons. The average Bonchev–Trinajstić information content (AvgIpc) is 2.68. The number of halogens is 3. The van der Waals surface area contributed by atoms with Crippen LogP contribution in [0.5, 0.6) is 0 Å². The highest BCUT2D eigenvalue weighted by molar-refractivity contribution is 5.93. The minimum absolute atomic E-state index is 0.0281. The van der Waals surface area contributed by atoms with Crippen molar-refractivity contribution >= 4 is 11.6 Å². The molecular formula is C21H23F3N2O2. The van der Waals surface area contributed by atoms with Gasteiger partial charge in [0, 0.05) is 0 Å². The monoisotopic (exact) mass is 392 g/mol. The fraction of sp³-hybridized carbons (Fsp3) is 0.381. The first-order chi connectivity index (χ1) is 13.3. The summed E-state index contributed by atoms with van der Waals surface area (Å²) in [4.78, 5) is 14.1. The van der Waals surface area contributed by atoms with Gasteiger partial charge >= 0.3 is 6.18 Å². The van der Waals surface area contributed by atoms with Crippen molar-refractivity contribution in [2.45, 2.75) is 25.1 Å². The number of alkyl halides is 3. The van der Waals surface area contributed by atoms with Crippen molar-refractivity contribution in [1.29, 1.82) is 0 Å². The van der Waals surface area contributed by atoms with Crippen LogP contribution in [0.1, 0.15) is 30.1 Å². The number of rotatable bonds is 5. The number of anilines is 1. The minimum atomic E-state index is -4.52. The van der Waals surface area contributed by atoms with Crippen molar-refractivity contribution in [2.24, 2.45) is 5.92 Å². The number of piperidine rings is 1. The first-order valence-corrected chi connectivity index (χ1v) is 9.26. The zero-order valence-corrected chi connectivity index (χ0v) is 15.3. The number of aliphatic hydroxyl groups excluding tert-OH is 1. The van der Waals surface area contributed by atoms with Gasteiger partial charge in [0.1, 0.15) is 0 Å². The second-order valence-electron chi connectivity index (χ2n) is 7.06. The van der Waals surface area contributed by atoms with E-state index in [0.29, 0.717) is 13.1 Å². The summed E-state index contributed by atoms with van der Waals surface area (Å²) >= 11 is 0. The molecule has 1 fully saturated rings. The number of nitrogens with zero attached hydrogens (tertiary/aromatic N) is 1. The van der Waals surface area contributed by atoms with Crippen molar-refractivity contribution in [3.63, 3.8) is 0 Å². The Morgan fingerprint density at radius 3 is 2.32 bits per heavy atom. The van der Waals surface area contributed by atoms with Gasteiger partial charge in [0.25, 0.3) is 0 Å². The fourth-order valence-electron chi connectivity index (χ4n) is 3.58. The number of carbonyl (C=O) groups excluding carboxylic acids is 1. The standard InChI is InChI=1S/C21H23F3N2O2/c22-21(23,24)17-8-4-5-9-18(17)25-19(27)14-26-12-10-16(11-13-26)20(28)15-6-2-1-3-7-15/h1-9,16,20,28H,10-14H2,(H,25,27)/t20-/m1/s1. The van der Waals surface area contributed by atoms with Crippen LogP contribution in [-0.4, -0.2) is 35.5 Å². The maximum atomic E-state index is 13.0. The van der Waals surface area contributed by atoms with Crippen LogP contribution < -0.4 is 5.32 Å². The lowest BCUT2D eigenvalue weighted by Crippen LogP contribution is -2.40. The lowest BCUT2D eigenvalue weighted by molar-refractivity contribution is -0.137. The molecule has 1 aliphatic rings. The van der Waals surface area contributed by atoms with E-state index in [-0.39, 0.29) is 18.2 Å². The largest absolute Gasteiger partial charge is 0.418 e. The van der Waals surface area contributed by atoms with Gasteiger partial charge in [-0.1, -0.05) is 42.5 Å². The third-order valence-corrected chi connectivity index (χ3v) is 5.09.